The van der Waals surface area contributed by atoms with E-state index in [9.17, 15) is 13.2 Å². The summed E-state index contributed by atoms with van der Waals surface area (Å²) in [4.78, 5) is 0. The Labute approximate surface area is 121 Å². The lowest BCUT2D eigenvalue weighted by molar-refractivity contribution is -0.137. The van der Waals surface area contributed by atoms with Gasteiger partial charge in [0, 0.05) is 18.8 Å². The third-order valence-corrected chi connectivity index (χ3v) is 3.61. The van der Waals surface area contributed by atoms with Crippen LogP contribution < -0.4 is 10.6 Å². The van der Waals surface area contributed by atoms with Crippen LogP contribution in [0.25, 0.3) is 0 Å². The first kappa shape index (κ1) is 13.9. The first-order chi connectivity index (χ1) is 10.1. The minimum Gasteiger partial charge on any atom is -0.383 e. The fraction of sp³-hybridized carbons (Fsp3) is 0.250. The number of halogens is 3. The van der Waals surface area contributed by atoms with Crippen molar-refractivity contribution < 1.29 is 13.2 Å². The molecule has 0 saturated heterocycles. The molecule has 0 bridgehead atoms. The van der Waals surface area contributed by atoms with E-state index in [1.54, 1.807) is 0 Å². The number of fused-ring (bicyclic) bond motifs is 1. The number of hydrogen-bond donors (Lipinski definition) is 2. The second-order valence-corrected chi connectivity index (χ2v) is 5.02. The van der Waals surface area contributed by atoms with Gasteiger partial charge < -0.3 is 10.6 Å². The average molecular weight is 292 g/mol. The molecule has 2 aromatic rings. The molecule has 0 aromatic heterocycles. The average Bonchev–Trinajstić information content (AvgIpc) is 2.69. The summed E-state index contributed by atoms with van der Waals surface area (Å²) in [6, 6.07) is 13.2. The highest BCUT2D eigenvalue weighted by atomic mass is 19.4. The van der Waals surface area contributed by atoms with Gasteiger partial charge in [0.2, 0.25) is 0 Å². The van der Waals surface area contributed by atoms with Gasteiger partial charge in [-0.05, 0) is 29.3 Å². The third kappa shape index (κ3) is 2.88. The summed E-state index contributed by atoms with van der Waals surface area (Å²) >= 11 is 0. The van der Waals surface area contributed by atoms with E-state index < -0.39 is 11.7 Å². The van der Waals surface area contributed by atoms with Crippen molar-refractivity contribution in [2.75, 3.05) is 18.4 Å². The molecule has 2 nitrogen and oxygen atoms in total. The number of nitrogens with one attached hydrogen (secondary N) is 2. The van der Waals surface area contributed by atoms with Gasteiger partial charge in [-0.3, -0.25) is 0 Å². The van der Waals surface area contributed by atoms with Crippen molar-refractivity contribution in [2.24, 2.45) is 0 Å². The second kappa shape index (κ2) is 5.41. The van der Waals surface area contributed by atoms with E-state index in [-0.39, 0.29) is 6.04 Å². The van der Waals surface area contributed by atoms with Crippen LogP contribution >= 0.6 is 0 Å². The summed E-state index contributed by atoms with van der Waals surface area (Å²) in [6.45, 7) is 1.37. The van der Waals surface area contributed by atoms with Crippen LogP contribution in [0.15, 0.2) is 48.5 Å². The second-order valence-electron chi connectivity index (χ2n) is 5.02. The van der Waals surface area contributed by atoms with Gasteiger partial charge in [0.15, 0.2) is 0 Å². The lowest BCUT2D eigenvalue weighted by Gasteiger charge is -2.20. The molecule has 0 saturated carbocycles. The molecule has 1 unspecified atom stereocenters. The van der Waals surface area contributed by atoms with Crippen molar-refractivity contribution in [3.05, 3.63) is 65.2 Å². The van der Waals surface area contributed by atoms with Crippen molar-refractivity contribution in [1.29, 1.82) is 0 Å². The summed E-state index contributed by atoms with van der Waals surface area (Å²) in [6.07, 6.45) is -4.33. The molecule has 3 rings (SSSR count). The fourth-order valence-corrected chi connectivity index (χ4v) is 2.61. The van der Waals surface area contributed by atoms with E-state index in [1.165, 1.54) is 12.1 Å². The highest BCUT2D eigenvalue weighted by Gasteiger charge is 2.32. The molecular formula is C16H15F3N2. The SMILES string of the molecule is FC(F)(F)c1ccc2c(c1)C(c1ccccc1)NCCN2. The standard InChI is InChI=1S/C16H15F3N2/c17-16(18,19)12-6-7-14-13(10-12)15(21-9-8-20-14)11-4-2-1-3-5-11/h1-7,10,15,20-21H,8-9H2. The van der Waals surface area contributed by atoms with Crippen LogP contribution in [0.5, 0.6) is 0 Å². The number of rotatable bonds is 1. The van der Waals surface area contributed by atoms with Gasteiger partial charge in [0.1, 0.15) is 0 Å². The van der Waals surface area contributed by atoms with Crippen LogP contribution in [0, 0.1) is 0 Å². The van der Waals surface area contributed by atoms with E-state index in [0.29, 0.717) is 18.7 Å². The monoisotopic (exact) mass is 292 g/mol. The largest absolute Gasteiger partial charge is 0.416 e. The molecule has 2 N–H and O–H groups in total. The first-order valence-corrected chi connectivity index (χ1v) is 6.79. The molecule has 1 heterocycles. The number of alkyl halides is 3. The van der Waals surface area contributed by atoms with Gasteiger partial charge in [-0.1, -0.05) is 30.3 Å². The highest BCUT2D eigenvalue weighted by Crippen LogP contribution is 2.36. The van der Waals surface area contributed by atoms with Crippen LogP contribution in [0.4, 0.5) is 18.9 Å². The zero-order valence-electron chi connectivity index (χ0n) is 11.2. The summed E-state index contributed by atoms with van der Waals surface area (Å²) < 4.78 is 38.8. The van der Waals surface area contributed by atoms with Crippen molar-refractivity contribution in [1.82, 2.24) is 5.32 Å². The predicted molar refractivity (Wildman–Crippen MR) is 76.2 cm³/mol. The number of benzene rings is 2. The van der Waals surface area contributed by atoms with Crippen molar-refractivity contribution in [3.8, 4) is 0 Å². The van der Waals surface area contributed by atoms with Crippen molar-refractivity contribution in [3.63, 3.8) is 0 Å². The Morgan fingerprint density at radius 1 is 0.952 bits per heavy atom. The molecule has 1 aliphatic rings. The molecular weight excluding hydrogens is 277 g/mol. The smallest absolute Gasteiger partial charge is 0.383 e. The summed E-state index contributed by atoms with van der Waals surface area (Å²) in [5.41, 5.74) is 1.73. The highest BCUT2D eigenvalue weighted by molar-refractivity contribution is 5.57. The minimum absolute atomic E-state index is 0.238. The maximum Gasteiger partial charge on any atom is 0.416 e. The zero-order chi connectivity index (χ0) is 14.9. The summed E-state index contributed by atoms with van der Waals surface area (Å²) in [5.74, 6) is 0. The van der Waals surface area contributed by atoms with E-state index in [2.05, 4.69) is 10.6 Å². The third-order valence-electron chi connectivity index (χ3n) is 3.61. The molecule has 2 aromatic carbocycles. The molecule has 110 valence electrons. The van der Waals surface area contributed by atoms with Crippen molar-refractivity contribution >= 4 is 5.69 Å². The Bertz CT molecular complexity index is 623. The number of anilines is 1. The van der Waals surface area contributed by atoms with E-state index >= 15 is 0 Å². The quantitative estimate of drug-likeness (QED) is 0.835. The Hall–Kier alpha value is -2.01. The maximum atomic E-state index is 12.9. The molecule has 0 amide bonds. The molecule has 0 fully saturated rings. The topological polar surface area (TPSA) is 24.1 Å². The van der Waals surface area contributed by atoms with E-state index in [4.69, 9.17) is 0 Å². The van der Waals surface area contributed by atoms with Crippen LogP contribution in [0.3, 0.4) is 0 Å². The van der Waals surface area contributed by atoms with Crippen LogP contribution in [0.2, 0.25) is 0 Å². The summed E-state index contributed by atoms with van der Waals surface area (Å²) in [7, 11) is 0. The van der Waals surface area contributed by atoms with Gasteiger partial charge in [0.25, 0.3) is 0 Å². The molecule has 0 aliphatic carbocycles. The van der Waals surface area contributed by atoms with E-state index in [0.717, 1.165) is 17.3 Å². The van der Waals surface area contributed by atoms with Gasteiger partial charge in [-0.15, -0.1) is 0 Å². The molecule has 0 spiro atoms. The minimum atomic E-state index is -4.33. The lowest BCUT2D eigenvalue weighted by Crippen LogP contribution is -2.24. The normalized spacial score (nSPS) is 18.5. The molecule has 1 aliphatic heterocycles. The Balaban J connectivity index is 2.09. The maximum absolute atomic E-state index is 12.9. The molecule has 5 heteroatoms. The van der Waals surface area contributed by atoms with Crippen molar-refractivity contribution in [2.45, 2.75) is 12.2 Å². The molecule has 21 heavy (non-hydrogen) atoms. The fourth-order valence-electron chi connectivity index (χ4n) is 2.61. The Morgan fingerprint density at radius 3 is 2.43 bits per heavy atom. The summed E-state index contributed by atoms with van der Waals surface area (Å²) in [5, 5.41) is 6.48. The number of hydrogen-bond acceptors (Lipinski definition) is 2. The van der Waals surface area contributed by atoms with Gasteiger partial charge >= 0.3 is 6.18 Å². The van der Waals surface area contributed by atoms with Gasteiger partial charge in [-0.25, -0.2) is 0 Å². The van der Waals surface area contributed by atoms with Crippen LogP contribution in [-0.2, 0) is 6.18 Å². The Morgan fingerprint density at radius 2 is 1.71 bits per heavy atom. The van der Waals surface area contributed by atoms with Crippen LogP contribution in [0.1, 0.15) is 22.7 Å². The predicted octanol–water partition coefficient (Wildman–Crippen LogP) is 3.81. The zero-order valence-corrected chi connectivity index (χ0v) is 11.2. The van der Waals surface area contributed by atoms with Crippen LogP contribution in [-0.4, -0.2) is 13.1 Å². The van der Waals surface area contributed by atoms with Gasteiger partial charge in [0.05, 0.1) is 11.6 Å². The van der Waals surface area contributed by atoms with Gasteiger partial charge in [-0.2, -0.15) is 13.2 Å². The lowest BCUT2D eigenvalue weighted by atomic mass is 9.95. The molecule has 0 radical (unpaired) electrons. The Kier molecular flexibility index (Phi) is 3.59. The van der Waals surface area contributed by atoms with E-state index in [1.807, 2.05) is 30.3 Å². The first-order valence-electron chi connectivity index (χ1n) is 6.79. The molecule has 1 atom stereocenters.